The Kier molecular flexibility index (Phi) is 7.01. The van der Waals surface area contributed by atoms with E-state index in [1.807, 2.05) is 60.7 Å². The van der Waals surface area contributed by atoms with Gasteiger partial charge in [0.2, 0.25) is 5.91 Å². The van der Waals surface area contributed by atoms with Crippen molar-refractivity contribution in [3.63, 3.8) is 0 Å². The highest BCUT2D eigenvalue weighted by Crippen LogP contribution is 2.31. The molecule has 3 aromatic rings. The zero-order chi connectivity index (χ0) is 21.5. The third-order valence-corrected chi connectivity index (χ3v) is 4.75. The summed E-state index contributed by atoms with van der Waals surface area (Å²) in [6.45, 7) is -2.73. The summed E-state index contributed by atoms with van der Waals surface area (Å²) in [5.74, 6) is -0.417. The second-order valence-electron chi connectivity index (χ2n) is 6.81. The van der Waals surface area contributed by atoms with Gasteiger partial charge in [0.25, 0.3) is 0 Å². The summed E-state index contributed by atoms with van der Waals surface area (Å²) in [7, 11) is 3.08. The van der Waals surface area contributed by atoms with Crippen LogP contribution in [0.2, 0.25) is 0 Å². The molecule has 0 radical (unpaired) electrons. The number of alkyl halides is 2. The first-order valence-corrected chi connectivity index (χ1v) is 9.46. The Balaban J connectivity index is 1.86. The summed E-state index contributed by atoms with van der Waals surface area (Å²) in [6, 6.07) is 23.8. The first kappa shape index (κ1) is 21.3. The number of benzene rings is 3. The van der Waals surface area contributed by atoms with Gasteiger partial charge in [-0.2, -0.15) is 8.78 Å². The zero-order valence-corrected chi connectivity index (χ0v) is 16.8. The SMILES string of the molecule is COc1ccc(CN(C)C(=O)C(c2ccccc2)c2ccccc2)cc1OC(F)F. The molecule has 0 bridgehead atoms. The Morgan fingerprint density at radius 2 is 1.47 bits per heavy atom. The van der Waals surface area contributed by atoms with E-state index >= 15 is 0 Å². The van der Waals surface area contributed by atoms with Gasteiger partial charge < -0.3 is 14.4 Å². The van der Waals surface area contributed by atoms with Crippen LogP contribution in [0.25, 0.3) is 0 Å². The van der Waals surface area contributed by atoms with Crippen LogP contribution in [0.5, 0.6) is 11.5 Å². The molecule has 0 saturated carbocycles. The first-order valence-electron chi connectivity index (χ1n) is 9.46. The van der Waals surface area contributed by atoms with Gasteiger partial charge in [0.05, 0.1) is 13.0 Å². The molecule has 0 aliphatic rings. The Morgan fingerprint density at radius 3 is 1.97 bits per heavy atom. The minimum Gasteiger partial charge on any atom is -0.493 e. The smallest absolute Gasteiger partial charge is 0.387 e. The molecule has 3 aromatic carbocycles. The fraction of sp³-hybridized carbons (Fsp3) is 0.208. The van der Waals surface area contributed by atoms with E-state index in [9.17, 15) is 13.6 Å². The summed E-state index contributed by atoms with van der Waals surface area (Å²) in [5.41, 5.74) is 2.43. The molecule has 156 valence electrons. The van der Waals surface area contributed by atoms with Crippen molar-refractivity contribution >= 4 is 5.91 Å². The van der Waals surface area contributed by atoms with E-state index in [0.717, 1.165) is 11.1 Å². The van der Waals surface area contributed by atoms with Crippen molar-refractivity contribution in [3.05, 3.63) is 95.6 Å². The second kappa shape index (κ2) is 9.87. The van der Waals surface area contributed by atoms with Crippen LogP contribution < -0.4 is 9.47 Å². The predicted molar refractivity (Wildman–Crippen MR) is 111 cm³/mol. The van der Waals surface area contributed by atoms with Crippen molar-refractivity contribution in [1.82, 2.24) is 4.90 Å². The Morgan fingerprint density at radius 1 is 0.900 bits per heavy atom. The monoisotopic (exact) mass is 411 g/mol. The number of nitrogens with zero attached hydrogens (tertiary/aromatic N) is 1. The van der Waals surface area contributed by atoms with Crippen LogP contribution in [-0.4, -0.2) is 31.6 Å². The highest BCUT2D eigenvalue weighted by atomic mass is 19.3. The van der Waals surface area contributed by atoms with Crippen molar-refractivity contribution in [1.29, 1.82) is 0 Å². The predicted octanol–water partition coefficient (Wildman–Crippen LogP) is 5.09. The van der Waals surface area contributed by atoms with Crippen LogP contribution in [0.1, 0.15) is 22.6 Å². The van der Waals surface area contributed by atoms with Crippen LogP contribution in [0.4, 0.5) is 8.78 Å². The van der Waals surface area contributed by atoms with E-state index in [1.165, 1.54) is 13.2 Å². The molecule has 0 aliphatic carbocycles. The molecule has 0 spiro atoms. The highest BCUT2D eigenvalue weighted by molar-refractivity contribution is 5.87. The number of amides is 1. The van der Waals surface area contributed by atoms with Crippen molar-refractivity contribution in [2.24, 2.45) is 0 Å². The molecule has 0 aromatic heterocycles. The third kappa shape index (κ3) is 5.14. The number of methoxy groups -OCH3 is 1. The molecule has 0 fully saturated rings. The standard InChI is InChI=1S/C24H23F2NO3/c1-27(16-17-13-14-20(29-2)21(15-17)30-24(25)26)23(28)22(18-9-5-3-6-10-18)19-11-7-4-8-12-19/h3-15,22,24H,16H2,1-2H3. The van der Waals surface area contributed by atoms with E-state index in [-0.39, 0.29) is 24.0 Å². The van der Waals surface area contributed by atoms with E-state index in [4.69, 9.17) is 4.74 Å². The van der Waals surface area contributed by atoms with Crippen LogP contribution in [0, 0.1) is 0 Å². The minimum atomic E-state index is -2.96. The molecule has 6 heteroatoms. The number of likely N-dealkylation sites (N-methyl/N-ethyl adjacent to an activating group) is 1. The van der Waals surface area contributed by atoms with Gasteiger partial charge in [0.1, 0.15) is 0 Å². The maximum absolute atomic E-state index is 13.4. The Hall–Kier alpha value is -3.41. The van der Waals surface area contributed by atoms with E-state index < -0.39 is 12.5 Å². The minimum absolute atomic E-state index is 0.0616. The van der Waals surface area contributed by atoms with Gasteiger partial charge in [-0.25, -0.2) is 0 Å². The average Bonchev–Trinajstić information content (AvgIpc) is 2.75. The number of carbonyl (C=O) groups is 1. The van der Waals surface area contributed by atoms with Crippen LogP contribution in [-0.2, 0) is 11.3 Å². The summed E-state index contributed by atoms with van der Waals surface area (Å²) >= 11 is 0. The first-order chi connectivity index (χ1) is 14.5. The molecule has 0 heterocycles. The van der Waals surface area contributed by atoms with Gasteiger partial charge in [0.15, 0.2) is 11.5 Å². The number of ether oxygens (including phenoxy) is 2. The fourth-order valence-electron chi connectivity index (χ4n) is 3.35. The van der Waals surface area contributed by atoms with Gasteiger partial charge in [0, 0.05) is 13.6 Å². The van der Waals surface area contributed by atoms with Gasteiger partial charge in [-0.3, -0.25) is 4.79 Å². The number of halogens is 2. The van der Waals surface area contributed by atoms with Crippen LogP contribution >= 0.6 is 0 Å². The lowest BCUT2D eigenvalue weighted by atomic mass is 9.90. The normalized spacial score (nSPS) is 10.9. The summed E-state index contributed by atoms with van der Waals surface area (Å²) in [5, 5.41) is 0. The quantitative estimate of drug-likeness (QED) is 0.518. The molecular weight excluding hydrogens is 388 g/mol. The molecule has 0 unspecified atom stereocenters. The van der Waals surface area contributed by atoms with Gasteiger partial charge in [-0.15, -0.1) is 0 Å². The molecule has 0 atom stereocenters. The second-order valence-corrected chi connectivity index (χ2v) is 6.81. The van der Waals surface area contributed by atoms with E-state index in [1.54, 1.807) is 24.1 Å². The highest BCUT2D eigenvalue weighted by Gasteiger charge is 2.26. The lowest BCUT2D eigenvalue weighted by Crippen LogP contribution is -2.32. The number of hydrogen-bond donors (Lipinski definition) is 0. The molecule has 0 N–H and O–H groups in total. The topological polar surface area (TPSA) is 38.8 Å². The van der Waals surface area contributed by atoms with Crippen LogP contribution in [0.3, 0.4) is 0 Å². The number of hydrogen-bond acceptors (Lipinski definition) is 3. The lowest BCUT2D eigenvalue weighted by Gasteiger charge is -2.25. The summed E-state index contributed by atoms with van der Waals surface area (Å²) in [6.07, 6.45) is 0. The van der Waals surface area contributed by atoms with Gasteiger partial charge >= 0.3 is 6.61 Å². The molecule has 3 rings (SSSR count). The number of rotatable bonds is 8. The molecule has 0 saturated heterocycles. The maximum Gasteiger partial charge on any atom is 0.387 e. The van der Waals surface area contributed by atoms with Crippen molar-refractivity contribution in [2.45, 2.75) is 19.1 Å². The number of carbonyl (C=O) groups excluding carboxylic acids is 1. The summed E-state index contributed by atoms with van der Waals surface area (Å²) in [4.78, 5) is 15.0. The lowest BCUT2D eigenvalue weighted by molar-refractivity contribution is -0.131. The van der Waals surface area contributed by atoms with Gasteiger partial charge in [-0.1, -0.05) is 66.7 Å². The van der Waals surface area contributed by atoms with Gasteiger partial charge in [-0.05, 0) is 28.8 Å². The van der Waals surface area contributed by atoms with Crippen molar-refractivity contribution in [2.75, 3.05) is 14.2 Å². The van der Waals surface area contributed by atoms with E-state index in [0.29, 0.717) is 5.56 Å². The fourth-order valence-corrected chi connectivity index (χ4v) is 3.35. The molecule has 4 nitrogen and oxygen atoms in total. The largest absolute Gasteiger partial charge is 0.493 e. The molecule has 1 amide bonds. The molecule has 30 heavy (non-hydrogen) atoms. The van der Waals surface area contributed by atoms with Crippen molar-refractivity contribution in [3.8, 4) is 11.5 Å². The van der Waals surface area contributed by atoms with E-state index in [2.05, 4.69) is 4.74 Å². The molecular formula is C24H23F2NO3. The average molecular weight is 411 g/mol. The van der Waals surface area contributed by atoms with Crippen molar-refractivity contribution < 1.29 is 23.0 Å². The zero-order valence-electron chi connectivity index (χ0n) is 16.8. The third-order valence-electron chi connectivity index (χ3n) is 4.75. The maximum atomic E-state index is 13.4. The molecule has 0 aliphatic heterocycles. The van der Waals surface area contributed by atoms with Crippen LogP contribution in [0.15, 0.2) is 78.9 Å². The summed E-state index contributed by atoms with van der Waals surface area (Å²) < 4.78 is 35.0. The Labute approximate surface area is 174 Å². The Bertz CT molecular complexity index is 925.